The Morgan fingerprint density at radius 1 is 1.50 bits per heavy atom. The second kappa shape index (κ2) is 4.59. The zero-order valence-electron chi connectivity index (χ0n) is 9.86. The van der Waals surface area contributed by atoms with Crippen molar-refractivity contribution in [2.45, 2.75) is 12.5 Å². The summed E-state index contributed by atoms with van der Waals surface area (Å²) in [5.74, 6) is -0.320. The SMILES string of the molecule is CN(c1cc(F)c(Cl)cc1N)C1CCS(=O)(=O)C1. The van der Waals surface area contributed by atoms with Gasteiger partial charge in [-0.3, -0.25) is 0 Å². The van der Waals surface area contributed by atoms with Crippen LogP contribution in [0.5, 0.6) is 0 Å². The molecule has 0 aromatic heterocycles. The fourth-order valence-electron chi connectivity index (χ4n) is 2.13. The highest BCUT2D eigenvalue weighted by molar-refractivity contribution is 7.91. The van der Waals surface area contributed by atoms with Gasteiger partial charge in [-0.1, -0.05) is 11.6 Å². The fourth-order valence-corrected chi connectivity index (χ4v) is 4.08. The molecule has 1 fully saturated rings. The van der Waals surface area contributed by atoms with Gasteiger partial charge in [-0.2, -0.15) is 0 Å². The van der Waals surface area contributed by atoms with E-state index in [4.69, 9.17) is 17.3 Å². The molecule has 1 aliphatic rings. The summed E-state index contributed by atoms with van der Waals surface area (Å²) in [6.07, 6.45) is 0.530. The lowest BCUT2D eigenvalue weighted by Crippen LogP contribution is -2.33. The Bertz CT molecular complexity index is 577. The van der Waals surface area contributed by atoms with Gasteiger partial charge in [0.05, 0.1) is 27.9 Å². The van der Waals surface area contributed by atoms with Crippen molar-refractivity contribution in [3.05, 3.63) is 23.0 Å². The Morgan fingerprint density at radius 2 is 2.17 bits per heavy atom. The van der Waals surface area contributed by atoms with Gasteiger partial charge >= 0.3 is 0 Å². The van der Waals surface area contributed by atoms with Crippen molar-refractivity contribution in [3.63, 3.8) is 0 Å². The maximum atomic E-state index is 13.4. The second-order valence-electron chi connectivity index (χ2n) is 4.49. The Kier molecular flexibility index (Phi) is 3.42. The summed E-state index contributed by atoms with van der Waals surface area (Å²) in [5, 5.41) is -0.0382. The lowest BCUT2D eigenvalue weighted by Gasteiger charge is -2.27. The van der Waals surface area contributed by atoms with E-state index in [1.54, 1.807) is 11.9 Å². The average Bonchev–Trinajstić information content (AvgIpc) is 2.63. The summed E-state index contributed by atoms with van der Waals surface area (Å²) in [5.41, 5.74) is 6.60. The van der Waals surface area contributed by atoms with E-state index in [-0.39, 0.29) is 22.6 Å². The first-order valence-corrected chi connectivity index (χ1v) is 7.68. The summed E-state index contributed by atoms with van der Waals surface area (Å²) in [4.78, 5) is 1.71. The van der Waals surface area contributed by atoms with Crippen LogP contribution in [-0.4, -0.2) is 33.0 Å². The molecule has 1 atom stereocenters. The molecule has 1 unspecified atom stereocenters. The van der Waals surface area contributed by atoms with E-state index in [1.807, 2.05) is 0 Å². The van der Waals surface area contributed by atoms with Crippen molar-refractivity contribution in [1.82, 2.24) is 0 Å². The van der Waals surface area contributed by atoms with Gasteiger partial charge in [-0.15, -0.1) is 0 Å². The van der Waals surface area contributed by atoms with Crippen molar-refractivity contribution >= 4 is 32.8 Å². The van der Waals surface area contributed by atoms with Crippen LogP contribution < -0.4 is 10.6 Å². The van der Waals surface area contributed by atoms with E-state index in [2.05, 4.69) is 0 Å². The summed E-state index contributed by atoms with van der Waals surface area (Å²) in [6.45, 7) is 0. The molecule has 0 spiro atoms. The molecule has 4 nitrogen and oxygen atoms in total. The van der Waals surface area contributed by atoms with Crippen molar-refractivity contribution in [1.29, 1.82) is 0 Å². The fraction of sp³-hybridized carbons (Fsp3) is 0.455. The molecule has 0 radical (unpaired) electrons. The second-order valence-corrected chi connectivity index (χ2v) is 7.13. The number of sulfone groups is 1. The normalized spacial score (nSPS) is 22.1. The highest BCUT2D eigenvalue weighted by Crippen LogP contribution is 2.31. The Morgan fingerprint density at radius 3 is 2.72 bits per heavy atom. The minimum Gasteiger partial charge on any atom is -0.397 e. The van der Waals surface area contributed by atoms with E-state index in [9.17, 15) is 12.8 Å². The summed E-state index contributed by atoms with van der Waals surface area (Å²) in [7, 11) is -1.27. The number of hydrogen-bond acceptors (Lipinski definition) is 4. The molecular weight excluding hydrogens is 279 g/mol. The lowest BCUT2D eigenvalue weighted by atomic mass is 10.2. The third-order valence-electron chi connectivity index (χ3n) is 3.21. The maximum absolute atomic E-state index is 13.4. The number of nitrogens with zero attached hydrogens (tertiary/aromatic N) is 1. The molecule has 2 rings (SSSR count). The smallest absolute Gasteiger partial charge is 0.152 e. The van der Waals surface area contributed by atoms with Crippen LogP contribution in [0.1, 0.15) is 6.42 Å². The summed E-state index contributed by atoms with van der Waals surface area (Å²) in [6, 6.07) is 2.41. The van der Waals surface area contributed by atoms with Crippen LogP contribution in [-0.2, 0) is 9.84 Å². The molecule has 1 heterocycles. The van der Waals surface area contributed by atoms with Gasteiger partial charge in [0.1, 0.15) is 5.82 Å². The topological polar surface area (TPSA) is 63.4 Å². The number of halogens is 2. The molecule has 18 heavy (non-hydrogen) atoms. The molecule has 7 heteroatoms. The molecule has 0 aliphatic carbocycles. The third-order valence-corrected chi connectivity index (χ3v) is 5.25. The van der Waals surface area contributed by atoms with E-state index in [0.29, 0.717) is 17.8 Å². The molecule has 1 saturated heterocycles. The first-order chi connectivity index (χ1) is 8.30. The number of nitrogen functional groups attached to an aromatic ring is 1. The van der Waals surface area contributed by atoms with Crippen molar-refractivity contribution in [2.75, 3.05) is 29.2 Å². The standard InChI is InChI=1S/C11H14ClFN2O2S/c1-15(7-2-3-18(16,17)6-7)11-5-9(13)8(12)4-10(11)14/h4-5,7H,2-3,6,14H2,1H3. The van der Waals surface area contributed by atoms with E-state index >= 15 is 0 Å². The lowest BCUT2D eigenvalue weighted by molar-refractivity contribution is 0.600. The van der Waals surface area contributed by atoms with E-state index < -0.39 is 15.7 Å². The van der Waals surface area contributed by atoms with Gasteiger partial charge in [0.15, 0.2) is 9.84 Å². The summed E-state index contributed by atoms with van der Waals surface area (Å²) >= 11 is 5.63. The Hall–Kier alpha value is -1.01. The van der Waals surface area contributed by atoms with Crippen LogP contribution in [0, 0.1) is 5.82 Å². The number of anilines is 2. The molecule has 0 bridgehead atoms. The number of rotatable bonds is 2. The predicted molar refractivity (Wildman–Crippen MR) is 71.3 cm³/mol. The van der Waals surface area contributed by atoms with Gasteiger partial charge in [0, 0.05) is 19.2 Å². The zero-order valence-corrected chi connectivity index (χ0v) is 11.4. The first kappa shape index (κ1) is 13.4. The molecule has 0 amide bonds. The van der Waals surface area contributed by atoms with Gasteiger partial charge in [-0.05, 0) is 12.5 Å². The Labute approximate surface area is 110 Å². The van der Waals surface area contributed by atoms with Gasteiger partial charge in [-0.25, -0.2) is 12.8 Å². The number of benzene rings is 1. The molecular formula is C11H14ClFN2O2S. The van der Waals surface area contributed by atoms with Crippen molar-refractivity contribution < 1.29 is 12.8 Å². The van der Waals surface area contributed by atoms with Crippen LogP contribution in [0.15, 0.2) is 12.1 Å². The largest absolute Gasteiger partial charge is 0.397 e. The number of hydrogen-bond donors (Lipinski definition) is 1. The van der Waals surface area contributed by atoms with Crippen LogP contribution in [0.3, 0.4) is 0 Å². The van der Waals surface area contributed by atoms with Crippen LogP contribution in [0.4, 0.5) is 15.8 Å². The highest BCUT2D eigenvalue weighted by atomic mass is 35.5. The van der Waals surface area contributed by atoms with Crippen molar-refractivity contribution in [3.8, 4) is 0 Å². The van der Waals surface area contributed by atoms with Crippen molar-refractivity contribution in [2.24, 2.45) is 0 Å². The molecule has 1 aromatic carbocycles. The first-order valence-electron chi connectivity index (χ1n) is 5.48. The molecule has 100 valence electrons. The molecule has 2 N–H and O–H groups in total. The third kappa shape index (κ3) is 2.54. The molecule has 0 saturated carbocycles. The number of nitrogens with two attached hydrogens (primary N) is 1. The minimum absolute atomic E-state index is 0.0382. The van der Waals surface area contributed by atoms with Gasteiger partial charge in [0.25, 0.3) is 0 Å². The van der Waals surface area contributed by atoms with Gasteiger partial charge in [0.2, 0.25) is 0 Å². The van der Waals surface area contributed by atoms with E-state index in [0.717, 1.165) is 0 Å². The molecule has 1 aliphatic heterocycles. The minimum atomic E-state index is -2.98. The zero-order chi connectivity index (χ0) is 13.5. The van der Waals surface area contributed by atoms with E-state index in [1.165, 1.54) is 12.1 Å². The monoisotopic (exact) mass is 292 g/mol. The van der Waals surface area contributed by atoms with Crippen LogP contribution >= 0.6 is 11.6 Å². The van der Waals surface area contributed by atoms with Gasteiger partial charge < -0.3 is 10.6 Å². The highest BCUT2D eigenvalue weighted by Gasteiger charge is 2.31. The predicted octanol–water partition coefficient (Wildman–Crippen LogP) is 1.68. The van der Waals surface area contributed by atoms with Crippen LogP contribution in [0.2, 0.25) is 5.02 Å². The maximum Gasteiger partial charge on any atom is 0.152 e. The van der Waals surface area contributed by atoms with Crippen LogP contribution in [0.25, 0.3) is 0 Å². The summed E-state index contributed by atoms with van der Waals surface area (Å²) < 4.78 is 36.3. The average molecular weight is 293 g/mol. The Balaban J connectivity index is 2.30. The quantitative estimate of drug-likeness (QED) is 0.843. The molecule has 1 aromatic rings.